The number of carbonyl (C=O) groups is 1. The van der Waals surface area contributed by atoms with Crippen molar-refractivity contribution in [2.75, 3.05) is 13.2 Å². The van der Waals surface area contributed by atoms with E-state index in [-0.39, 0.29) is 5.78 Å². The zero-order valence-electron chi connectivity index (χ0n) is 11.2. The van der Waals surface area contributed by atoms with Gasteiger partial charge < -0.3 is 9.47 Å². The first-order chi connectivity index (χ1) is 10.2. The first-order valence-corrected chi connectivity index (χ1v) is 7.39. The summed E-state index contributed by atoms with van der Waals surface area (Å²) >= 11 is 3.38. The van der Waals surface area contributed by atoms with E-state index in [1.165, 1.54) is 0 Å². The minimum atomic E-state index is -0.0603. The second kappa shape index (κ2) is 6.14. The number of benzene rings is 2. The summed E-state index contributed by atoms with van der Waals surface area (Å²) in [5.41, 5.74) is 1.57. The lowest BCUT2D eigenvalue weighted by Gasteiger charge is -2.18. The van der Waals surface area contributed by atoms with E-state index in [1.807, 2.05) is 24.3 Å². The topological polar surface area (TPSA) is 35.5 Å². The highest BCUT2D eigenvalue weighted by Crippen LogP contribution is 2.30. The third-order valence-electron chi connectivity index (χ3n) is 3.12. The molecule has 0 saturated carbocycles. The predicted octanol–water partition coefficient (Wildman–Crippen LogP) is 4.12. The second-order valence-corrected chi connectivity index (χ2v) is 5.52. The molecular weight excluding hydrogens is 332 g/mol. The third kappa shape index (κ3) is 3.34. The van der Waals surface area contributed by atoms with E-state index < -0.39 is 0 Å². The summed E-state index contributed by atoms with van der Waals surface area (Å²) in [6, 6.07) is 13.0. The molecule has 0 unspecified atom stereocenters. The highest BCUT2D eigenvalue weighted by atomic mass is 79.9. The Balaban J connectivity index is 1.77. The van der Waals surface area contributed by atoms with Crippen LogP contribution in [0.5, 0.6) is 11.5 Å². The maximum absolute atomic E-state index is 12.2. The Kier molecular flexibility index (Phi) is 4.06. The van der Waals surface area contributed by atoms with Crippen molar-refractivity contribution in [1.82, 2.24) is 0 Å². The van der Waals surface area contributed by atoms with Crippen molar-refractivity contribution < 1.29 is 14.3 Å². The van der Waals surface area contributed by atoms with Crippen molar-refractivity contribution in [2.45, 2.75) is 0 Å². The molecule has 0 amide bonds. The van der Waals surface area contributed by atoms with Gasteiger partial charge in [0.05, 0.1) is 0 Å². The molecule has 3 rings (SSSR count). The van der Waals surface area contributed by atoms with Crippen molar-refractivity contribution in [3.05, 3.63) is 64.1 Å². The molecule has 1 aliphatic rings. The Hall–Kier alpha value is -2.07. The molecule has 0 radical (unpaired) electrons. The molecule has 4 heteroatoms. The lowest BCUT2D eigenvalue weighted by atomic mass is 10.1. The molecule has 0 atom stereocenters. The molecule has 0 saturated heterocycles. The highest BCUT2D eigenvalue weighted by molar-refractivity contribution is 9.10. The van der Waals surface area contributed by atoms with E-state index in [4.69, 9.17) is 9.47 Å². The standard InChI is InChI=1S/C17H13BrO3/c18-14-5-1-12(2-6-14)3-7-15(19)13-4-8-16-17(11-13)21-10-9-20-16/h1-8,11H,9-10H2. The summed E-state index contributed by atoms with van der Waals surface area (Å²) in [6.07, 6.45) is 3.36. The molecule has 0 fully saturated rings. The van der Waals surface area contributed by atoms with Gasteiger partial charge in [0.25, 0.3) is 0 Å². The number of fused-ring (bicyclic) bond motifs is 1. The number of hydrogen-bond acceptors (Lipinski definition) is 3. The fraction of sp³-hybridized carbons (Fsp3) is 0.118. The van der Waals surface area contributed by atoms with Gasteiger partial charge in [0.2, 0.25) is 0 Å². The summed E-state index contributed by atoms with van der Waals surface area (Å²) in [5, 5.41) is 0. The van der Waals surface area contributed by atoms with Crippen molar-refractivity contribution in [3.8, 4) is 11.5 Å². The Morgan fingerprint density at radius 2 is 1.71 bits per heavy atom. The largest absolute Gasteiger partial charge is 0.486 e. The average Bonchev–Trinajstić information content (AvgIpc) is 2.53. The van der Waals surface area contributed by atoms with Gasteiger partial charge in [-0.15, -0.1) is 0 Å². The van der Waals surface area contributed by atoms with E-state index in [1.54, 1.807) is 30.4 Å². The van der Waals surface area contributed by atoms with Gasteiger partial charge in [-0.2, -0.15) is 0 Å². The fourth-order valence-electron chi connectivity index (χ4n) is 2.04. The first kappa shape index (κ1) is 13.9. The van der Waals surface area contributed by atoms with E-state index in [0.717, 1.165) is 10.0 Å². The van der Waals surface area contributed by atoms with E-state index in [0.29, 0.717) is 30.3 Å². The van der Waals surface area contributed by atoms with Crippen LogP contribution in [0.25, 0.3) is 6.08 Å². The first-order valence-electron chi connectivity index (χ1n) is 6.60. The summed E-state index contributed by atoms with van der Waals surface area (Å²) in [7, 11) is 0. The van der Waals surface area contributed by atoms with Crippen molar-refractivity contribution in [2.24, 2.45) is 0 Å². The average molecular weight is 345 g/mol. The van der Waals surface area contributed by atoms with Gasteiger partial charge in [-0.05, 0) is 42.0 Å². The summed E-state index contributed by atoms with van der Waals surface area (Å²) in [6.45, 7) is 1.06. The van der Waals surface area contributed by atoms with Gasteiger partial charge in [-0.25, -0.2) is 0 Å². The molecular formula is C17H13BrO3. The second-order valence-electron chi connectivity index (χ2n) is 4.61. The molecule has 106 valence electrons. The molecule has 0 aliphatic carbocycles. The van der Waals surface area contributed by atoms with Gasteiger partial charge in [0.15, 0.2) is 17.3 Å². The van der Waals surface area contributed by atoms with Crippen LogP contribution in [0.15, 0.2) is 53.0 Å². The third-order valence-corrected chi connectivity index (χ3v) is 3.65. The summed E-state index contributed by atoms with van der Waals surface area (Å²) in [5.74, 6) is 1.26. The van der Waals surface area contributed by atoms with Crippen LogP contribution in [0.2, 0.25) is 0 Å². The van der Waals surface area contributed by atoms with Gasteiger partial charge in [-0.1, -0.05) is 34.1 Å². The number of allylic oxidation sites excluding steroid dienone is 1. The maximum atomic E-state index is 12.2. The van der Waals surface area contributed by atoms with Crippen LogP contribution < -0.4 is 9.47 Å². The molecule has 21 heavy (non-hydrogen) atoms. The number of ether oxygens (including phenoxy) is 2. The zero-order valence-corrected chi connectivity index (χ0v) is 12.8. The quantitative estimate of drug-likeness (QED) is 0.620. The Morgan fingerprint density at radius 3 is 2.48 bits per heavy atom. The van der Waals surface area contributed by atoms with E-state index in [9.17, 15) is 4.79 Å². The number of hydrogen-bond donors (Lipinski definition) is 0. The summed E-state index contributed by atoms with van der Waals surface area (Å²) < 4.78 is 11.9. The highest BCUT2D eigenvalue weighted by Gasteiger charge is 2.13. The molecule has 2 aromatic carbocycles. The van der Waals surface area contributed by atoms with Crippen LogP contribution in [0, 0.1) is 0 Å². The van der Waals surface area contributed by atoms with Crippen LogP contribution in [0.3, 0.4) is 0 Å². The van der Waals surface area contributed by atoms with Crippen LogP contribution in [-0.4, -0.2) is 19.0 Å². The van der Waals surface area contributed by atoms with Crippen LogP contribution in [-0.2, 0) is 0 Å². The molecule has 0 N–H and O–H groups in total. The van der Waals surface area contributed by atoms with Crippen molar-refractivity contribution in [1.29, 1.82) is 0 Å². The molecule has 2 aromatic rings. The van der Waals surface area contributed by atoms with Gasteiger partial charge in [-0.3, -0.25) is 4.79 Å². The monoisotopic (exact) mass is 344 g/mol. The summed E-state index contributed by atoms with van der Waals surface area (Å²) in [4.78, 5) is 12.2. The molecule has 0 spiro atoms. The lowest BCUT2D eigenvalue weighted by Crippen LogP contribution is -2.15. The van der Waals surface area contributed by atoms with Crippen molar-refractivity contribution in [3.63, 3.8) is 0 Å². The molecule has 3 nitrogen and oxygen atoms in total. The lowest BCUT2D eigenvalue weighted by molar-refractivity contribution is 0.104. The molecule has 1 heterocycles. The molecule has 0 bridgehead atoms. The number of halogens is 1. The van der Waals surface area contributed by atoms with Gasteiger partial charge in [0, 0.05) is 10.0 Å². The van der Waals surface area contributed by atoms with Crippen LogP contribution >= 0.6 is 15.9 Å². The normalized spacial score (nSPS) is 13.4. The number of rotatable bonds is 3. The Morgan fingerprint density at radius 1 is 1.00 bits per heavy atom. The number of carbonyl (C=O) groups excluding carboxylic acids is 1. The minimum absolute atomic E-state index is 0.0603. The van der Waals surface area contributed by atoms with Crippen LogP contribution in [0.4, 0.5) is 0 Å². The van der Waals surface area contributed by atoms with Crippen molar-refractivity contribution >= 4 is 27.8 Å². The Bertz CT molecular complexity index is 690. The minimum Gasteiger partial charge on any atom is -0.486 e. The van der Waals surface area contributed by atoms with Gasteiger partial charge in [0.1, 0.15) is 13.2 Å². The fourth-order valence-corrected chi connectivity index (χ4v) is 2.30. The van der Waals surface area contributed by atoms with Crippen LogP contribution in [0.1, 0.15) is 15.9 Å². The zero-order chi connectivity index (χ0) is 14.7. The molecule has 0 aromatic heterocycles. The van der Waals surface area contributed by atoms with Gasteiger partial charge >= 0.3 is 0 Å². The van der Waals surface area contributed by atoms with E-state index in [2.05, 4.69) is 15.9 Å². The smallest absolute Gasteiger partial charge is 0.185 e. The molecule has 1 aliphatic heterocycles. The number of ketones is 1. The Labute approximate surface area is 131 Å². The van der Waals surface area contributed by atoms with E-state index >= 15 is 0 Å². The predicted molar refractivity (Wildman–Crippen MR) is 84.9 cm³/mol. The SMILES string of the molecule is O=C(C=Cc1ccc(Br)cc1)c1ccc2c(c1)OCCO2. The maximum Gasteiger partial charge on any atom is 0.185 e.